The molecule has 2 rings (SSSR count). The number of aromatic nitrogens is 3. The quantitative estimate of drug-likeness (QED) is 0.713. The molecule has 0 saturated heterocycles. The van der Waals surface area contributed by atoms with Gasteiger partial charge in [0.05, 0.1) is 0 Å². The molecule has 0 aliphatic rings. The highest BCUT2D eigenvalue weighted by Gasteiger charge is 2.15. The monoisotopic (exact) mass is 325 g/mol. The fourth-order valence-corrected chi connectivity index (χ4v) is 2.81. The molecule has 5 heteroatoms. The number of hydrogen-bond acceptors (Lipinski definition) is 2. The molecule has 1 aromatic carbocycles. The molecule has 1 atom stereocenters. The molecule has 0 bridgehead atoms. The highest BCUT2D eigenvalue weighted by Crippen LogP contribution is 2.18. The molecule has 0 amide bonds. The lowest BCUT2D eigenvalue weighted by Crippen LogP contribution is -2.16. The van der Waals surface area contributed by atoms with Crippen molar-refractivity contribution in [1.82, 2.24) is 14.8 Å². The summed E-state index contributed by atoms with van der Waals surface area (Å²) in [5, 5.41) is 5.07. The Labute approximate surface area is 136 Å². The van der Waals surface area contributed by atoms with Crippen LogP contribution in [-0.4, -0.2) is 20.6 Å². The van der Waals surface area contributed by atoms with E-state index in [1.807, 2.05) is 22.9 Å². The minimum atomic E-state index is 0.334. The molecule has 0 saturated carbocycles. The summed E-state index contributed by atoms with van der Waals surface area (Å²) in [6.45, 7) is 5.24. The van der Waals surface area contributed by atoms with Crippen LogP contribution < -0.4 is 0 Å². The standard InChI is InChI=1S/C16H21Cl2N3/c1-12(2)10-21-16(19-11-20-21)8-14(9-17)6-13-4-3-5-15(18)7-13/h3-5,7,11-12,14H,6,8-10H2,1-2H3. The Morgan fingerprint density at radius 2 is 2.05 bits per heavy atom. The SMILES string of the molecule is CC(C)Cn1ncnc1CC(CCl)Cc1cccc(Cl)c1. The number of alkyl halides is 1. The van der Waals surface area contributed by atoms with Crippen LogP contribution in [0.25, 0.3) is 0 Å². The van der Waals surface area contributed by atoms with Crippen molar-refractivity contribution in [3.63, 3.8) is 0 Å². The average Bonchev–Trinajstić information content (AvgIpc) is 2.84. The van der Waals surface area contributed by atoms with Crippen molar-refractivity contribution in [2.75, 3.05) is 5.88 Å². The van der Waals surface area contributed by atoms with Crippen LogP contribution in [0, 0.1) is 11.8 Å². The van der Waals surface area contributed by atoms with E-state index >= 15 is 0 Å². The Kier molecular flexibility index (Phi) is 6.07. The summed E-state index contributed by atoms with van der Waals surface area (Å²) in [7, 11) is 0. The van der Waals surface area contributed by atoms with Gasteiger partial charge in [-0.05, 0) is 36.0 Å². The molecule has 0 fully saturated rings. The maximum Gasteiger partial charge on any atom is 0.138 e. The highest BCUT2D eigenvalue weighted by molar-refractivity contribution is 6.30. The molecule has 2 aromatic rings. The zero-order chi connectivity index (χ0) is 15.2. The molecule has 114 valence electrons. The van der Waals surface area contributed by atoms with Gasteiger partial charge >= 0.3 is 0 Å². The molecular formula is C16H21Cl2N3. The van der Waals surface area contributed by atoms with E-state index in [1.165, 1.54) is 5.56 Å². The lowest BCUT2D eigenvalue weighted by molar-refractivity contribution is 0.448. The number of nitrogens with zero attached hydrogens (tertiary/aromatic N) is 3. The smallest absolute Gasteiger partial charge is 0.138 e. The molecule has 1 aromatic heterocycles. The molecule has 3 nitrogen and oxygen atoms in total. The average molecular weight is 326 g/mol. The highest BCUT2D eigenvalue weighted by atomic mass is 35.5. The molecule has 1 unspecified atom stereocenters. The first-order valence-corrected chi connectivity index (χ1v) is 8.16. The molecule has 21 heavy (non-hydrogen) atoms. The van der Waals surface area contributed by atoms with Gasteiger partial charge in [-0.2, -0.15) is 5.10 Å². The van der Waals surface area contributed by atoms with Crippen LogP contribution in [0.5, 0.6) is 0 Å². The lowest BCUT2D eigenvalue weighted by atomic mass is 9.97. The van der Waals surface area contributed by atoms with Crippen molar-refractivity contribution >= 4 is 23.2 Å². The first kappa shape index (κ1) is 16.3. The van der Waals surface area contributed by atoms with Crippen molar-refractivity contribution in [3.8, 4) is 0 Å². The molecule has 0 aliphatic heterocycles. The van der Waals surface area contributed by atoms with E-state index in [4.69, 9.17) is 23.2 Å². The van der Waals surface area contributed by atoms with Crippen molar-refractivity contribution < 1.29 is 0 Å². The first-order valence-electron chi connectivity index (χ1n) is 7.25. The van der Waals surface area contributed by atoms with E-state index in [-0.39, 0.29) is 0 Å². The summed E-state index contributed by atoms with van der Waals surface area (Å²) in [5.74, 6) is 2.49. The zero-order valence-electron chi connectivity index (χ0n) is 12.5. The third kappa shape index (κ3) is 5.01. The first-order chi connectivity index (χ1) is 10.1. The van der Waals surface area contributed by atoms with Gasteiger partial charge in [-0.15, -0.1) is 11.6 Å². The molecule has 0 radical (unpaired) electrons. The Hall–Kier alpha value is -1.06. The Bertz CT molecular complexity index is 566. The van der Waals surface area contributed by atoms with Gasteiger partial charge in [-0.3, -0.25) is 0 Å². The van der Waals surface area contributed by atoms with Gasteiger partial charge in [0.2, 0.25) is 0 Å². The fourth-order valence-electron chi connectivity index (χ4n) is 2.38. The van der Waals surface area contributed by atoms with Crippen LogP contribution >= 0.6 is 23.2 Å². The van der Waals surface area contributed by atoms with Gasteiger partial charge in [0.15, 0.2) is 0 Å². The summed E-state index contributed by atoms with van der Waals surface area (Å²) in [4.78, 5) is 4.38. The van der Waals surface area contributed by atoms with Crippen LogP contribution in [0.2, 0.25) is 5.02 Å². The topological polar surface area (TPSA) is 30.7 Å². The zero-order valence-corrected chi connectivity index (χ0v) is 14.0. The molecule has 0 N–H and O–H groups in total. The van der Waals surface area contributed by atoms with E-state index in [2.05, 4.69) is 30.0 Å². The van der Waals surface area contributed by atoms with Crippen LogP contribution in [0.3, 0.4) is 0 Å². The van der Waals surface area contributed by atoms with Gasteiger partial charge in [-0.25, -0.2) is 9.67 Å². The molecule has 1 heterocycles. The van der Waals surface area contributed by atoms with Crippen molar-refractivity contribution in [3.05, 3.63) is 47.0 Å². The molecule has 0 aliphatic carbocycles. The van der Waals surface area contributed by atoms with Gasteiger partial charge in [0.25, 0.3) is 0 Å². The van der Waals surface area contributed by atoms with Gasteiger partial charge in [-0.1, -0.05) is 37.6 Å². The maximum absolute atomic E-state index is 6.14. The van der Waals surface area contributed by atoms with E-state index in [0.717, 1.165) is 30.2 Å². The fraction of sp³-hybridized carbons (Fsp3) is 0.500. The van der Waals surface area contributed by atoms with Gasteiger partial charge in [0.1, 0.15) is 12.2 Å². The van der Waals surface area contributed by atoms with Gasteiger partial charge in [0, 0.05) is 23.9 Å². The minimum Gasteiger partial charge on any atom is -0.250 e. The third-order valence-electron chi connectivity index (χ3n) is 3.34. The minimum absolute atomic E-state index is 0.334. The Morgan fingerprint density at radius 1 is 1.24 bits per heavy atom. The second-order valence-corrected chi connectivity index (χ2v) is 6.56. The van der Waals surface area contributed by atoms with E-state index < -0.39 is 0 Å². The van der Waals surface area contributed by atoms with Crippen LogP contribution in [-0.2, 0) is 19.4 Å². The van der Waals surface area contributed by atoms with Crippen molar-refractivity contribution in [2.45, 2.75) is 33.2 Å². The van der Waals surface area contributed by atoms with Gasteiger partial charge < -0.3 is 0 Å². The van der Waals surface area contributed by atoms with Crippen LogP contribution in [0.4, 0.5) is 0 Å². The Morgan fingerprint density at radius 3 is 2.71 bits per heavy atom. The second-order valence-electron chi connectivity index (χ2n) is 5.81. The summed E-state index contributed by atoms with van der Waals surface area (Å²) in [6.07, 6.45) is 3.36. The Balaban J connectivity index is 2.04. The number of benzene rings is 1. The predicted molar refractivity (Wildman–Crippen MR) is 87.9 cm³/mol. The van der Waals surface area contributed by atoms with E-state index in [0.29, 0.717) is 17.7 Å². The number of halogens is 2. The number of rotatable bonds is 7. The summed E-state index contributed by atoms with van der Waals surface area (Å²) in [6, 6.07) is 7.95. The summed E-state index contributed by atoms with van der Waals surface area (Å²) in [5.41, 5.74) is 1.21. The molecular weight excluding hydrogens is 305 g/mol. The van der Waals surface area contributed by atoms with Crippen molar-refractivity contribution in [1.29, 1.82) is 0 Å². The third-order valence-corrected chi connectivity index (χ3v) is 4.01. The lowest BCUT2D eigenvalue weighted by Gasteiger charge is -2.15. The predicted octanol–water partition coefficient (Wildman–Crippen LogP) is 4.23. The maximum atomic E-state index is 6.14. The summed E-state index contributed by atoms with van der Waals surface area (Å²) >= 11 is 12.2. The normalized spacial score (nSPS) is 12.8. The van der Waals surface area contributed by atoms with E-state index in [1.54, 1.807) is 6.33 Å². The molecule has 0 spiro atoms. The van der Waals surface area contributed by atoms with Crippen molar-refractivity contribution in [2.24, 2.45) is 11.8 Å². The second kappa shape index (κ2) is 7.81. The number of hydrogen-bond donors (Lipinski definition) is 0. The van der Waals surface area contributed by atoms with Crippen LogP contribution in [0.1, 0.15) is 25.2 Å². The summed E-state index contributed by atoms with van der Waals surface area (Å²) < 4.78 is 1.99. The largest absolute Gasteiger partial charge is 0.250 e. The van der Waals surface area contributed by atoms with Crippen LogP contribution in [0.15, 0.2) is 30.6 Å². The van der Waals surface area contributed by atoms with E-state index in [9.17, 15) is 0 Å².